The molecule has 0 N–H and O–H groups in total. The number of nitriles is 1. The molecule has 0 aliphatic carbocycles. The number of para-hydroxylation sites is 3. The summed E-state index contributed by atoms with van der Waals surface area (Å²) in [5, 5.41) is 15.0. The molecule has 6 aromatic rings. The van der Waals surface area contributed by atoms with E-state index in [2.05, 4.69) is 71.1 Å². The lowest BCUT2D eigenvalue weighted by Crippen LogP contribution is -2.55. The van der Waals surface area contributed by atoms with Crippen molar-refractivity contribution < 1.29 is 0 Å². The Hall–Kier alpha value is -3.77. The molecule has 0 radical (unpaired) electrons. The molecule has 3 heterocycles. The third kappa shape index (κ3) is 1.45. The van der Waals surface area contributed by atoms with Crippen molar-refractivity contribution in [1.29, 1.82) is 5.26 Å². The maximum atomic E-state index is 9.77. The van der Waals surface area contributed by atoms with Gasteiger partial charge >= 0.3 is 0 Å². The molecular formula is C25H13BN2. The van der Waals surface area contributed by atoms with E-state index in [1.807, 2.05) is 18.2 Å². The highest BCUT2D eigenvalue weighted by atomic mass is 14.9. The molecule has 126 valence electrons. The van der Waals surface area contributed by atoms with Crippen LogP contribution >= 0.6 is 0 Å². The molecule has 0 saturated heterocycles. The van der Waals surface area contributed by atoms with Crippen molar-refractivity contribution >= 4 is 61.2 Å². The molecule has 0 spiro atoms. The van der Waals surface area contributed by atoms with Gasteiger partial charge in [0.15, 0.2) is 0 Å². The smallest absolute Gasteiger partial charge is 0.248 e. The van der Waals surface area contributed by atoms with Crippen molar-refractivity contribution in [3.63, 3.8) is 0 Å². The van der Waals surface area contributed by atoms with Crippen molar-refractivity contribution in [2.45, 2.75) is 0 Å². The zero-order valence-electron chi connectivity index (χ0n) is 15.0. The zero-order chi connectivity index (χ0) is 18.4. The molecule has 0 atom stereocenters. The largest absolute Gasteiger partial charge is 0.309 e. The van der Waals surface area contributed by atoms with Gasteiger partial charge in [-0.05, 0) is 17.0 Å². The minimum atomic E-state index is 0.0698. The maximum Gasteiger partial charge on any atom is 0.248 e. The summed E-state index contributed by atoms with van der Waals surface area (Å²) < 4.78 is 2.46. The van der Waals surface area contributed by atoms with Crippen LogP contribution in [0.2, 0.25) is 0 Å². The Balaban J connectivity index is 1.80. The van der Waals surface area contributed by atoms with E-state index in [1.165, 1.54) is 49.0 Å². The summed E-state index contributed by atoms with van der Waals surface area (Å²) >= 11 is 0. The summed E-state index contributed by atoms with van der Waals surface area (Å²) in [6, 6.07) is 30.3. The van der Waals surface area contributed by atoms with E-state index in [4.69, 9.17) is 0 Å². The Morgan fingerprint density at radius 1 is 0.571 bits per heavy atom. The number of nitrogens with zero attached hydrogens (tertiary/aromatic N) is 2. The van der Waals surface area contributed by atoms with Crippen LogP contribution in [0.1, 0.15) is 5.56 Å². The molecule has 3 heteroatoms. The maximum absolute atomic E-state index is 9.77. The fourth-order valence-corrected chi connectivity index (χ4v) is 5.43. The third-order valence-electron chi connectivity index (χ3n) is 6.44. The molecule has 0 bridgehead atoms. The van der Waals surface area contributed by atoms with Gasteiger partial charge in [0.2, 0.25) is 6.71 Å². The van der Waals surface area contributed by atoms with Crippen LogP contribution in [0, 0.1) is 11.3 Å². The monoisotopic (exact) mass is 352 g/mol. The van der Waals surface area contributed by atoms with Crippen LogP contribution in [-0.4, -0.2) is 11.1 Å². The SMILES string of the molecule is N#Cc1ccccc1B1c2cccc3c4cccc5c6cccc1c6n(c23)c45. The van der Waals surface area contributed by atoms with Gasteiger partial charge in [0.25, 0.3) is 0 Å². The van der Waals surface area contributed by atoms with Crippen molar-refractivity contribution in [3.8, 4) is 6.07 Å². The Kier molecular flexibility index (Phi) is 2.42. The Morgan fingerprint density at radius 2 is 1.07 bits per heavy atom. The van der Waals surface area contributed by atoms with Crippen molar-refractivity contribution in [2.24, 2.45) is 0 Å². The summed E-state index contributed by atoms with van der Waals surface area (Å²) in [6.07, 6.45) is 0. The van der Waals surface area contributed by atoms with E-state index in [-0.39, 0.29) is 6.71 Å². The quantitative estimate of drug-likeness (QED) is 0.416. The summed E-state index contributed by atoms with van der Waals surface area (Å²) in [5.41, 5.74) is 8.32. The number of hydrogen-bond donors (Lipinski definition) is 0. The lowest BCUT2D eigenvalue weighted by molar-refractivity contribution is 1.38. The van der Waals surface area contributed by atoms with E-state index >= 15 is 0 Å². The molecule has 2 nitrogen and oxygen atoms in total. The van der Waals surface area contributed by atoms with Gasteiger partial charge in [-0.15, -0.1) is 0 Å². The van der Waals surface area contributed by atoms with E-state index in [0.717, 1.165) is 11.0 Å². The topological polar surface area (TPSA) is 28.2 Å². The van der Waals surface area contributed by atoms with Crippen LogP contribution in [0.25, 0.3) is 38.1 Å². The number of hydrogen-bond acceptors (Lipinski definition) is 1. The molecule has 1 aliphatic heterocycles. The van der Waals surface area contributed by atoms with Crippen LogP contribution in [-0.2, 0) is 0 Å². The summed E-state index contributed by atoms with van der Waals surface area (Å²) in [6.45, 7) is 0.0698. The van der Waals surface area contributed by atoms with E-state index in [9.17, 15) is 5.26 Å². The second kappa shape index (κ2) is 4.74. The van der Waals surface area contributed by atoms with Gasteiger partial charge in [-0.1, -0.05) is 78.3 Å². The van der Waals surface area contributed by atoms with Crippen molar-refractivity contribution in [3.05, 3.63) is 84.4 Å². The van der Waals surface area contributed by atoms with Gasteiger partial charge in [0.05, 0.1) is 11.6 Å². The lowest BCUT2D eigenvalue weighted by atomic mass is 9.35. The average Bonchev–Trinajstić information content (AvgIpc) is 3.27. The average molecular weight is 352 g/mol. The molecule has 0 saturated carbocycles. The second-order valence-corrected chi connectivity index (χ2v) is 7.66. The Morgan fingerprint density at radius 3 is 1.68 bits per heavy atom. The second-order valence-electron chi connectivity index (χ2n) is 7.66. The fourth-order valence-electron chi connectivity index (χ4n) is 5.43. The molecule has 28 heavy (non-hydrogen) atoms. The van der Waals surface area contributed by atoms with Gasteiger partial charge in [-0.25, -0.2) is 0 Å². The molecule has 1 aliphatic rings. The minimum absolute atomic E-state index is 0.0698. The highest BCUT2D eigenvalue weighted by Gasteiger charge is 2.34. The first kappa shape index (κ1) is 14.3. The lowest BCUT2D eigenvalue weighted by Gasteiger charge is -2.23. The van der Waals surface area contributed by atoms with Crippen LogP contribution in [0.4, 0.5) is 0 Å². The molecule has 0 fully saturated rings. The molecule has 7 rings (SSSR count). The Bertz CT molecular complexity index is 1550. The number of rotatable bonds is 1. The highest BCUT2D eigenvalue weighted by molar-refractivity contribution is 6.99. The van der Waals surface area contributed by atoms with Crippen LogP contribution in [0.3, 0.4) is 0 Å². The standard InChI is InChI=1S/C25H13BN2/c27-14-15-6-1-2-11-20(15)26-21-12-4-9-18-16-7-3-8-17-19-10-5-13-22(26)25(19)28(23(16)17)24(18)21/h1-13H. The third-order valence-corrected chi connectivity index (χ3v) is 6.44. The van der Waals surface area contributed by atoms with Crippen molar-refractivity contribution in [2.75, 3.05) is 0 Å². The molecular weight excluding hydrogens is 339 g/mol. The Labute approximate surface area is 161 Å². The first-order chi connectivity index (χ1) is 13.9. The van der Waals surface area contributed by atoms with Crippen LogP contribution in [0.5, 0.6) is 0 Å². The first-order valence-electron chi connectivity index (χ1n) is 9.57. The van der Waals surface area contributed by atoms with Crippen LogP contribution < -0.4 is 16.4 Å². The van der Waals surface area contributed by atoms with E-state index in [0.29, 0.717) is 0 Å². The molecule has 0 amide bonds. The summed E-state index contributed by atoms with van der Waals surface area (Å²) in [5.74, 6) is 0. The molecule has 2 aromatic heterocycles. The number of fused-ring (bicyclic) bond motifs is 2. The molecule has 4 aromatic carbocycles. The normalized spacial score (nSPS) is 12.9. The van der Waals surface area contributed by atoms with Gasteiger partial charge in [-0.2, -0.15) is 5.26 Å². The zero-order valence-corrected chi connectivity index (χ0v) is 15.0. The predicted molar refractivity (Wildman–Crippen MR) is 117 cm³/mol. The number of aromatic nitrogens is 1. The van der Waals surface area contributed by atoms with E-state index < -0.39 is 0 Å². The van der Waals surface area contributed by atoms with Gasteiger partial charge in [0.1, 0.15) is 0 Å². The minimum Gasteiger partial charge on any atom is -0.309 e. The summed E-state index contributed by atoms with van der Waals surface area (Å²) in [7, 11) is 0. The van der Waals surface area contributed by atoms with Crippen LogP contribution in [0.15, 0.2) is 78.9 Å². The highest BCUT2D eigenvalue weighted by Crippen LogP contribution is 2.39. The van der Waals surface area contributed by atoms with Crippen molar-refractivity contribution in [1.82, 2.24) is 4.40 Å². The predicted octanol–water partition coefficient (Wildman–Crippen LogP) is 3.54. The van der Waals surface area contributed by atoms with Gasteiger partial charge < -0.3 is 4.40 Å². The van der Waals surface area contributed by atoms with Gasteiger partial charge in [-0.3, -0.25) is 0 Å². The summed E-state index contributed by atoms with van der Waals surface area (Å²) in [4.78, 5) is 0. The molecule has 0 unspecified atom stereocenters. The van der Waals surface area contributed by atoms with Gasteiger partial charge in [0, 0.05) is 38.1 Å². The van der Waals surface area contributed by atoms with E-state index in [1.54, 1.807) is 0 Å². The fraction of sp³-hybridized carbons (Fsp3) is 0. The number of benzene rings is 4. The first-order valence-corrected chi connectivity index (χ1v) is 9.57.